The minimum atomic E-state index is 0.260. The highest BCUT2D eigenvalue weighted by Gasteiger charge is 2.21. The van der Waals surface area contributed by atoms with Gasteiger partial charge in [-0.2, -0.15) is 0 Å². The number of benzene rings is 1. The predicted molar refractivity (Wildman–Crippen MR) is 67.1 cm³/mol. The third kappa shape index (κ3) is 1.84. The lowest BCUT2D eigenvalue weighted by Crippen LogP contribution is -2.06. The number of rotatable bonds is 3. The molecule has 1 N–H and O–H groups in total. The second-order valence-corrected chi connectivity index (χ2v) is 4.25. The molecule has 86 valence electrons. The zero-order valence-corrected chi connectivity index (χ0v) is 9.52. The van der Waals surface area contributed by atoms with Crippen LogP contribution in [0.1, 0.15) is 22.6 Å². The first-order chi connectivity index (χ1) is 8.34. The molecule has 0 unspecified atom stereocenters. The Hall–Kier alpha value is -2.03. The molecule has 3 rings (SSSR count). The van der Waals surface area contributed by atoms with Crippen LogP contribution in [0.5, 0.6) is 0 Å². The van der Waals surface area contributed by atoms with E-state index < -0.39 is 0 Å². The van der Waals surface area contributed by atoms with E-state index in [4.69, 9.17) is 0 Å². The average Bonchev–Trinajstić information content (AvgIpc) is 2.92. The van der Waals surface area contributed by atoms with Gasteiger partial charge in [-0.3, -0.25) is 4.79 Å². The van der Waals surface area contributed by atoms with E-state index in [1.165, 1.54) is 5.69 Å². The standard InChI is InChI=1S/C14H14N2O/c17-14-8-9-16-12(6-7-13(14)16)10-15-11-4-2-1-3-5-11/h1-7,15H,8-10H2. The third-order valence-corrected chi connectivity index (χ3v) is 3.17. The molecule has 3 heteroatoms. The minimum absolute atomic E-state index is 0.260. The number of aromatic nitrogens is 1. The van der Waals surface area contributed by atoms with Crippen LogP contribution in [-0.4, -0.2) is 10.4 Å². The Morgan fingerprint density at radius 3 is 2.76 bits per heavy atom. The molecule has 1 aromatic carbocycles. The number of nitrogens with one attached hydrogen (secondary N) is 1. The molecule has 0 atom stereocenters. The first kappa shape index (κ1) is 10.1. The zero-order chi connectivity index (χ0) is 11.7. The van der Waals surface area contributed by atoms with Gasteiger partial charge >= 0.3 is 0 Å². The molecule has 0 fully saturated rings. The Bertz CT molecular complexity index is 543. The van der Waals surface area contributed by atoms with Crippen LogP contribution in [0, 0.1) is 0 Å². The van der Waals surface area contributed by atoms with E-state index in [9.17, 15) is 4.79 Å². The largest absolute Gasteiger partial charge is 0.379 e. The van der Waals surface area contributed by atoms with Crippen LogP contribution in [-0.2, 0) is 13.1 Å². The van der Waals surface area contributed by atoms with E-state index in [-0.39, 0.29) is 5.78 Å². The molecule has 1 aliphatic heterocycles. The molecule has 0 radical (unpaired) electrons. The molecule has 1 aromatic heterocycles. The fourth-order valence-electron chi connectivity index (χ4n) is 2.26. The van der Waals surface area contributed by atoms with Crippen LogP contribution in [0.15, 0.2) is 42.5 Å². The average molecular weight is 226 g/mol. The molecule has 17 heavy (non-hydrogen) atoms. The number of para-hydroxylation sites is 1. The first-order valence-corrected chi connectivity index (χ1v) is 5.85. The van der Waals surface area contributed by atoms with E-state index in [2.05, 4.69) is 9.88 Å². The highest BCUT2D eigenvalue weighted by atomic mass is 16.1. The van der Waals surface area contributed by atoms with Gasteiger partial charge in [-0.15, -0.1) is 0 Å². The maximum atomic E-state index is 11.5. The second-order valence-electron chi connectivity index (χ2n) is 4.25. The van der Waals surface area contributed by atoms with Crippen molar-refractivity contribution in [2.24, 2.45) is 0 Å². The Morgan fingerprint density at radius 2 is 1.94 bits per heavy atom. The van der Waals surface area contributed by atoms with Crippen LogP contribution in [0.2, 0.25) is 0 Å². The highest BCUT2D eigenvalue weighted by Crippen LogP contribution is 2.20. The van der Waals surface area contributed by atoms with E-state index in [1.807, 2.05) is 42.5 Å². The lowest BCUT2D eigenvalue weighted by molar-refractivity contribution is 0.0994. The maximum Gasteiger partial charge on any atom is 0.180 e. The van der Waals surface area contributed by atoms with Gasteiger partial charge in [0.05, 0.1) is 12.2 Å². The van der Waals surface area contributed by atoms with Gasteiger partial charge in [-0.1, -0.05) is 18.2 Å². The summed E-state index contributed by atoms with van der Waals surface area (Å²) in [5.41, 5.74) is 3.14. The van der Waals surface area contributed by atoms with Gasteiger partial charge in [0.25, 0.3) is 0 Å². The molecule has 2 heterocycles. The summed E-state index contributed by atoms with van der Waals surface area (Å²) in [6, 6.07) is 14.1. The number of hydrogen-bond acceptors (Lipinski definition) is 2. The SMILES string of the molecule is O=C1CCn2c(CNc3ccccc3)ccc21. The van der Waals surface area contributed by atoms with Crippen LogP contribution in [0.3, 0.4) is 0 Å². The molecular weight excluding hydrogens is 212 g/mol. The smallest absolute Gasteiger partial charge is 0.180 e. The van der Waals surface area contributed by atoms with Crippen molar-refractivity contribution in [2.75, 3.05) is 5.32 Å². The first-order valence-electron chi connectivity index (χ1n) is 5.85. The summed E-state index contributed by atoms with van der Waals surface area (Å²) in [7, 11) is 0. The van der Waals surface area contributed by atoms with Gasteiger partial charge in [0.1, 0.15) is 0 Å². The van der Waals surface area contributed by atoms with E-state index in [0.29, 0.717) is 6.42 Å². The van der Waals surface area contributed by atoms with Gasteiger partial charge in [-0.25, -0.2) is 0 Å². The number of hydrogen-bond donors (Lipinski definition) is 1. The van der Waals surface area contributed by atoms with Gasteiger partial charge in [0, 0.05) is 24.3 Å². The number of fused-ring (bicyclic) bond motifs is 1. The molecule has 0 amide bonds. The van der Waals surface area contributed by atoms with Gasteiger partial charge in [-0.05, 0) is 24.3 Å². The molecule has 0 bridgehead atoms. The number of carbonyl (C=O) groups excluding carboxylic acids is 1. The number of carbonyl (C=O) groups is 1. The summed E-state index contributed by atoms with van der Waals surface area (Å²) in [4.78, 5) is 11.5. The van der Waals surface area contributed by atoms with Crippen molar-refractivity contribution in [1.29, 1.82) is 0 Å². The van der Waals surface area contributed by atoms with Gasteiger partial charge in [0.15, 0.2) is 5.78 Å². The summed E-state index contributed by atoms with van der Waals surface area (Å²) in [6.45, 7) is 1.59. The summed E-state index contributed by atoms with van der Waals surface area (Å²) in [5, 5.41) is 3.36. The lowest BCUT2D eigenvalue weighted by atomic mass is 10.2. The van der Waals surface area contributed by atoms with Crippen molar-refractivity contribution in [1.82, 2.24) is 4.57 Å². The summed E-state index contributed by atoms with van der Waals surface area (Å²) < 4.78 is 2.11. The van der Waals surface area contributed by atoms with Crippen LogP contribution >= 0.6 is 0 Å². The number of anilines is 1. The fourth-order valence-corrected chi connectivity index (χ4v) is 2.26. The van der Waals surface area contributed by atoms with E-state index in [0.717, 1.165) is 24.5 Å². The van der Waals surface area contributed by atoms with Crippen molar-refractivity contribution in [3.63, 3.8) is 0 Å². The maximum absolute atomic E-state index is 11.5. The minimum Gasteiger partial charge on any atom is -0.379 e. The molecule has 2 aromatic rings. The normalized spacial score (nSPS) is 13.8. The Kier molecular flexibility index (Phi) is 2.44. The molecule has 3 nitrogen and oxygen atoms in total. The van der Waals surface area contributed by atoms with Crippen molar-refractivity contribution >= 4 is 11.5 Å². The molecule has 1 aliphatic rings. The van der Waals surface area contributed by atoms with E-state index in [1.54, 1.807) is 0 Å². The van der Waals surface area contributed by atoms with Crippen LogP contribution in [0.4, 0.5) is 5.69 Å². The third-order valence-electron chi connectivity index (χ3n) is 3.17. The second kappa shape index (κ2) is 4.09. The molecule has 0 saturated carbocycles. The Balaban J connectivity index is 1.75. The van der Waals surface area contributed by atoms with Crippen molar-refractivity contribution in [3.8, 4) is 0 Å². The van der Waals surface area contributed by atoms with Gasteiger partial charge in [0.2, 0.25) is 0 Å². The zero-order valence-electron chi connectivity index (χ0n) is 9.52. The monoisotopic (exact) mass is 226 g/mol. The number of nitrogens with zero attached hydrogens (tertiary/aromatic N) is 1. The fraction of sp³-hybridized carbons (Fsp3) is 0.214. The Morgan fingerprint density at radius 1 is 1.12 bits per heavy atom. The molecule has 0 saturated heterocycles. The quantitative estimate of drug-likeness (QED) is 0.873. The van der Waals surface area contributed by atoms with E-state index >= 15 is 0 Å². The molecular formula is C14H14N2O. The number of ketones is 1. The van der Waals surface area contributed by atoms with Crippen LogP contribution < -0.4 is 5.32 Å². The predicted octanol–water partition coefficient (Wildman–Crippen LogP) is 2.69. The van der Waals surface area contributed by atoms with Crippen molar-refractivity contribution in [2.45, 2.75) is 19.5 Å². The summed E-state index contributed by atoms with van der Waals surface area (Å²) >= 11 is 0. The van der Waals surface area contributed by atoms with Crippen molar-refractivity contribution in [3.05, 3.63) is 53.9 Å². The molecule has 0 aliphatic carbocycles. The summed E-state index contributed by atoms with van der Waals surface area (Å²) in [6.07, 6.45) is 0.647. The van der Waals surface area contributed by atoms with Crippen LogP contribution in [0.25, 0.3) is 0 Å². The topological polar surface area (TPSA) is 34.0 Å². The van der Waals surface area contributed by atoms with Gasteiger partial charge < -0.3 is 9.88 Å². The lowest BCUT2D eigenvalue weighted by Gasteiger charge is -2.08. The number of Topliss-reactive ketones (excluding diaryl/α,β-unsaturated/α-hetero) is 1. The summed E-state index contributed by atoms with van der Waals surface area (Å²) in [5.74, 6) is 0.260. The van der Waals surface area contributed by atoms with Crippen molar-refractivity contribution < 1.29 is 4.79 Å². The highest BCUT2D eigenvalue weighted by molar-refractivity contribution is 5.96. The molecule has 0 spiro atoms. The Labute approximate surface area is 100 Å².